The lowest BCUT2D eigenvalue weighted by molar-refractivity contribution is -0.114. The smallest absolute Gasteiger partial charge is 0.264 e. The van der Waals surface area contributed by atoms with Gasteiger partial charge < -0.3 is 20.1 Å². The molecule has 0 saturated carbocycles. The maximum atomic E-state index is 14.7. The first-order valence-electron chi connectivity index (χ1n) is 10.8. The first kappa shape index (κ1) is 26.6. The van der Waals surface area contributed by atoms with Crippen molar-refractivity contribution >= 4 is 33.2 Å². The average Bonchev–Trinajstić information content (AvgIpc) is 2.88. The van der Waals surface area contributed by atoms with E-state index in [1.165, 1.54) is 68.8 Å². The zero-order valence-corrected chi connectivity index (χ0v) is 20.5. The molecule has 0 aliphatic carbocycles. The van der Waals surface area contributed by atoms with Crippen LogP contribution in [-0.4, -0.2) is 54.1 Å². The highest BCUT2D eigenvalue weighted by molar-refractivity contribution is 7.92. The summed E-state index contributed by atoms with van der Waals surface area (Å²) in [6.45, 7) is -0.172. The molecule has 9 nitrogen and oxygen atoms in total. The van der Waals surface area contributed by atoms with E-state index >= 15 is 0 Å². The summed E-state index contributed by atoms with van der Waals surface area (Å²) >= 11 is 0. The van der Waals surface area contributed by atoms with Crippen molar-refractivity contribution in [2.45, 2.75) is 4.90 Å². The van der Waals surface area contributed by atoms with Crippen molar-refractivity contribution in [3.05, 3.63) is 84.2 Å². The Morgan fingerprint density at radius 3 is 2.28 bits per heavy atom. The molecule has 0 spiro atoms. The van der Waals surface area contributed by atoms with Crippen LogP contribution < -0.4 is 19.7 Å². The molecule has 0 radical (unpaired) electrons. The summed E-state index contributed by atoms with van der Waals surface area (Å²) in [5.41, 5.74) is 0.0548. The Balaban J connectivity index is 1.90. The van der Waals surface area contributed by atoms with E-state index in [2.05, 4.69) is 10.6 Å². The number of hydrogen-bond acceptors (Lipinski definition) is 6. The van der Waals surface area contributed by atoms with E-state index in [1.807, 2.05) is 0 Å². The standard InChI is InChI=1S/C25H26FN3O6S/c1-34-16-15-27-25(31)20-7-3-5-9-22(20)28-24(30)17-29(23-10-6-4-8-21(23)26)36(32,33)19-13-11-18(35-2)12-14-19/h3-14H,15-17H2,1-2H3,(H,27,31)(H,28,30). The number of rotatable bonds is 11. The predicted molar refractivity (Wildman–Crippen MR) is 133 cm³/mol. The van der Waals surface area contributed by atoms with Gasteiger partial charge in [-0.25, -0.2) is 12.8 Å². The van der Waals surface area contributed by atoms with E-state index in [0.29, 0.717) is 16.7 Å². The molecule has 3 aromatic carbocycles. The first-order valence-corrected chi connectivity index (χ1v) is 12.3. The average molecular weight is 516 g/mol. The molecule has 3 aromatic rings. The topological polar surface area (TPSA) is 114 Å². The quantitative estimate of drug-likeness (QED) is 0.380. The third-order valence-electron chi connectivity index (χ3n) is 5.09. The number of nitrogens with one attached hydrogen (secondary N) is 2. The zero-order valence-electron chi connectivity index (χ0n) is 19.7. The summed E-state index contributed by atoms with van der Waals surface area (Å²) in [5, 5.41) is 5.23. The van der Waals surface area contributed by atoms with Crippen LogP contribution >= 0.6 is 0 Å². The minimum atomic E-state index is -4.35. The molecule has 0 bridgehead atoms. The van der Waals surface area contributed by atoms with E-state index in [-0.39, 0.29) is 28.4 Å². The number of nitrogens with zero attached hydrogens (tertiary/aromatic N) is 1. The highest BCUT2D eigenvalue weighted by Gasteiger charge is 2.29. The van der Waals surface area contributed by atoms with Crippen LogP contribution in [0.3, 0.4) is 0 Å². The lowest BCUT2D eigenvalue weighted by Gasteiger charge is -2.24. The predicted octanol–water partition coefficient (Wildman–Crippen LogP) is 3.04. The number of carbonyl (C=O) groups excluding carboxylic acids is 2. The molecule has 2 N–H and O–H groups in total. The SMILES string of the molecule is COCCNC(=O)c1ccccc1NC(=O)CN(c1ccccc1F)S(=O)(=O)c1ccc(OC)cc1. The van der Waals surface area contributed by atoms with Crippen molar-refractivity contribution in [1.82, 2.24) is 5.32 Å². The van der Waals surface area contributed by atoms with Crippen molar-refractivity contribution in [2.24, 2.45) is 0 Å². The van der Waals surface area contributed by atoms with Crippen molar-refractivity contribution in [2.75, 3.05) is 43.5 Å². The van der Waals surface area contributed by atoms with Crippen LogP contribution in [0.15, 0.2) is 77.7 Å². The third-order valence-corrected chi connectivity index (χ3v) is 6.87. The van der Waals surface area contributed by atoms with Crippen molar-refractivity contribution in [3.63, 3.8) is 0 Å². The summed E-state index contributed by atoms with van der Waals surface area (Å²) in [7, 11) is -1.41. The Hall–Kier alpha value is -3.96. The van der Waals surface area contributed by atoms with Gasteiger partial charge in [-0.05, 0) is 48.5 Å². The van der Waals surface area contributed by atoms with E-state index < -0.39 is 34.2 Å². The number of anilines is 2. The van der Waals surface area contributed by atoms with Crippen LogP contribution in [0.2, 0.25) is 0 Å². The molecule has 0 aromatic heterocycles. The first-order chi connectivity index (χ1) is 17.3. The minimum Gasteiger partial charge on any atom is -0.497 e. The second-order valence-corrected chi connectivity index (χ2v) is 9.34. The number of benzene rings is 3. The van der Waals surface area contributed by atoms with Gasteiger partial charge in [0.1, 0.15) is 18.1 Å². The monoisotopic (exact) mass is 515 g/mol. The van der Waals surface area contributed by atoms with Gasteiger partial charge in [0.15, 0.2) is 0 Å². The summed E-state index contributed by atoms with van der Waals surface area (Å²) in [6.07, 6.45) is 0. The molecule has 0 aliphatic heterocycles. The van der Waals surface area contributed by atoms with Gasteiger partial charge in [0.2, 0.25) is 5.91 Å². The Kier molecular flexibility index (Phi) is 8.98. The maximum absolute atomic E-state index is 14.7. The van der Waals surface area contributed by atoms with Crippen molar-refractivity contribution < 1.29 is 31.9 Å². The van der Waals surface area contributed by atoms with Gasteiger partial charge >= 0.3 is 0 Å². The molecule has 2 amide bonds. The number of ether oxygens (including phenoxy) is 2. The molecule has 0 atom stereocenters. The number of halogens is 1. The fourth-order valence-corrected chi connectivity index (χ4v) is 4.73. The molecular formula is C25H26FN3O6S. The molecular weight excluding hydrogens is 489 g/mol. The lowest BCUT2D eigenvalue weighted by atomic mass is 10.1. The van der Waals surface area contributed by atoms with E-state index in [4.69, 9.17) is 9.47 Å². The van der Waals surface area contributed by atoms with Gasteiger partial charge in [-0.3, -0.25) is 13.9 Å². The number of hydrogen-bond donors (Lipinski definition) is 2. The Morgan fingerprint density at radius 1 is 0.944 bits per heavy atom. The number of sulfonamides is 1. The van der Waals surface area contributed by atoms with Gasteiger partial charge in [-0.15, -0.1) is 0 Å². The van der Waals surface area contributed by atoms with Gasteiger partial charge in [0.25, 0.3) is 15.9 Å². The van der Waals surface area contributed by atoms with Crippen LogP contribution in [0.5, 0.6) is 5.75 Å². The van der Waals surface area contributed by atoms with Crippen LogP contribution in [0.4, 0.5) is 15.8 Å². The minimum absolute atomic E-state index is 0.155. The highest BCUT2D eigenvalue weighted by Crippen LogP contribution is 2.27. The van der Waals surface area contributed by atoms with Crippen LogP contribution in [-0.2, 0) is 19.6 Å². The molecule has 11 heteroatoms. The number of methoxy groups -OCH3 is 2. The number of para-hydroxylation sites is 2. The largest absolute Gasteiger partial charge is 0.497 e. The van der Waals surface area contributed by atoms with Gasteiger partial charge in [-0.2, -0.15) is 0 Å². The molecule has 0 saturated heterocycles. The fraction of sp³-hybridized carbons (Fsp3) is 0.200. The van der Waals surface area contributed by atoms with Crippen molar-refractivity contribution in [1.29, 1.82) is 0 Å². The molecule has 190 valence electrons. The van der Waals surface area contributed by atoms with Gasteiger partial charge in [0.05, 0.1) is 35.6 Å². The molecule has 0 unspecified atom stereocenters. The molecule has 36 heavy (non-hydrogen) atoms. The zero-order chi connectivity index (χ0) is 26.1. The Morgan fingerprint density at radius 2 is 1.61 bits per heavy atom. The molecule has 0 heterocycles. The Labute approximate surface area is 208 Å². The normalized spacial score (nSPS) is 11.0. The van der Waals surface area contributed by atoms with Crippen LogP contribution in [0.1, 0.15) is 10.4 Å². The van der Waals surface area contributed by atoms with Crippen LogP contribution in [0, 0.1) is 5.82 Å². The number of carbonyl (C=O) groups is 2. The van der Waals surface area contributed by atoms with Gasteiger partial charge in [-0.1, -0.05) is 24.3 Å². The fourth-order valence-electron chi connectivity index (χ4n) is 3.30. The summed E-state index contributed by atoms with van der Waals surface area (Å²) in [5.74, 6) is -1.60. The van der Waals surface area contributed by atoms with Gasteiger partial charge in [0, 0.05) is 13.7 Å². The van der Waals surface area contributed by atoms with E-state index in [1.54, 1.807) is 12.1 Å². The summed E-state index contributed by atoms with van der Waals surface area (Å²) < 4.78 is 52.3. The van der Waals surface area contributed by atoms with Crippen molar-refractivity contribution in [3.8, 4) is 5.75 Å². The summed E-state index contributed by atoms with van der Waals surface area (Å²) in [6, 6.07) is 17.0. The lowest BCUT2D eigenvalue weighted by Crippen LogP contribution is -2.39. The second kappa shape index (κ2) is 12.1. The summed E-state index contributed by atoms with van der Waals surface area (Å²) in [4.78, 5) is 25.4. The highest BCUT2D eigenvalue weighted by atomic mass is 32.2. The third kappa shape index (κ3) is 6.37. The molecule has 0 fully saturated rings. The second-order valence-electron chi connectivity index (χ2n) is 7.48. The van der Waals surface area contributed by atoms with E-state index in [0.717, 1.165) is 6.07 Å². The van der Waals surface area contributed by atoms with Crippen LogP contribution in [0.25, 0.3) is 0 Å². The maximum Gasteiger partial charge on any atom is 0.264 e. The Bertz CT molecular complexity index is 1320. The van der Waals surface area contributed by atoms with E-state index in [9.17, 15) is 22.4 Å². The molecule has 0 aliphatic rings. The molecule has 3 rings (SSSR count). The number of amides is 2.